The zero-order valence-electron chi connectivity index (χ0n) is 16.7. The topological polar surface area (TPSA) is 59.9 Å². The summed E-state index contributed by atoms with van der Waals surface area (Å²) in [5.41, 5.74) is 1.85. The third kappa shape index (κ3) is 4.17. The second-order valence-electron chi connectivity index (χ2n) is 7.59. The van der Waals surface area contributed by atoms with Crippen molar-refractivity contribution in [3.63, 3.8) is 0 Å². The molecule has 0 spiro atoms. The Kier molecular flexibility index (Phi) is 5.16. The van der Waals surface area contributed by atoms with Gasteiger partial charge in [0.1, 0.15) is 11.6 Å². The van der Waals surface area contributed by atoms with E-state index in [-0.39, 0.29) is 6.10 Å². The van der Waals surface area contributed by atoms with E-state index in [2.05, 4.69) is 20.3 Å². The van der Waals surface area contributed by atoms with Crippen LogP contribution in [-0.2, 0) is 0 Å². The molecule has 1 saturated carbocycles. The van der Waals surface area contributed by atoms with Crippen LogP contribution in [0.4, 0.5) is 20.3 Å². The van der Waals surface area contributed by atoms with Crippen LogP contribution in [0.3, 0.4) is 0 Å². The van der Waals surface area contributed by atoms with Gasteiger partial charge in [0, 0.05) is 35.1 Å². The van der Waals surface area contributed by atoms with E-state index in [0.29, 0.717) is 22.8 Å². The fraction of sp³-hybridized carbons (Fsp3) is 0.208. The predicted molar refractivity (Wildman–Crippen MR) is 115 cm³/mol. The molecule has 1 aliphatic carbocycles. The van der Waals surface area contributed by atoms with Crippen LogP contribution in [0.25, 0.3) is 22.3 Å². The molecule has 0 radical (unpaired) electrons. The van der Waals surface area contributed by atoms with E-state index in [1.54, 1.807) is 12.4 Å². The Labute approximate surface area is 178 Å². The fourth-order valence-corrected chi connectivity index (χ4v) is 3.81. The molecule has 0 amide bonds. The molecule has 31 heavy (non-hydrogen) atoms. The van der Waals surface area contributed by atoms with Gasteiger partial charge in [-0.25, -0.2) is 18.7 Å². The van der Waals surface area contributed by atoms with E-state index in [1.807, 2.05) is 30.3 Å². The van der Waals surface area contributed by atoms with Crippen LogP contribution in [-0.4, -0.2) is 21.1 Å². The van der Waals surface area contributed by atoms with Crippen LogP contribution >= 0.6 is 0 Å². The standard InChI is InChI=1S/C24H20F2N4O/c25-20-9-7-16(12-21(20)26)28-24-19-13-18(31-17-5-1-2-6-17)8-10-22(19)29-23(30-24)15-4-3-11-27-14-15/h3-4,7-14,17H,1-2,5-6H2,(H,28,29,30). The molecule has 7 heteroatoms. The molecule has 5 nitrogen and oxygen atoms in total. The van der Waals surface area contributed by atoms with Crippen LogP contribution in [0.1, 0.15) is 25.7 Å². The molecule has 0 atom stereocenters. The Bertz CT molecular complexity index is 1230. The van der Waals surface area contributed by atoms with Gasteiger partial charge in [0.25, 0.3) is 0 Å². The lowest BCUT2D eigenvalue weighted by molar-refractivity contribution is 0.210. The Hall–Kier alpha value is -3.61. The molecule has 2 heterocycles. The normalized spacial score (nSPS) is 14.1. The molecule has 5 rings (SSSR count). The zero-order chi connectivity index (χ0) is 21.2. The first-order valence-corrected chi connectivity index (χ1v) is 10.3. The number of benzene rings is 2. The van der Waals surface area contributed by atoms with E-state index in [0.717, 1.165) is 41.7 Å². The quantitative estimate of drug-likeness (QED) is 0.428. The number of fused-ring (bicyclic) bond motifs is 1. The maximum absolute atomic E-state index is 13.8. The molecule has 0 bridgehead atoms. The van der Waals surface area contributed by atoms with Gasteiger partial charge in [-0.15, -0.1) is 0 Å². The predicted octanol–water partition coefficient (Wildman–Crippen LogP) is 6.04. The number of rotatable bonds is 5. The number of anilines is 2. The summed E-state index contributed by atoms with van der Waals surface area (Å²) < 4.78 is 33.3. The largest absolute Gasteiger partial charge is 0.490 e. The van der Waals surface area contributed by atoms with Crippen molar-refractivity contribution in [1.82, 2.24) is 15.0 Å². The van der Waals surface area contributed by atoms with Crippen molar-refractivity contribution >= 4 is 22.4 Å². The minimum Gasteiger partial charge on any atom is -0.490 e. The number of ether oxygens (including phenoxy) is 1. The van der Waals surface area contributed by atoms with Crippen LogP contribution in [0.5, 0.6) is 5.75 Å². The lowest BCUT2D eigenvalue weighted by atomic mass is 10.2. The molecule has 1 fully saturated rings. The highest BCUT2D eigenvalue weighted by molar-refractivity contribution is 5.93. The Morgan fingerprint density at radius 3 is 2.58 bits per heavy atom. The number of halogens is 2. The van der Waals surface area contributed by atoms with Crippen molar-refractivity contribution in [3.8, 4) is 17.1 Å². The number of hydrogen-bond acceptors (Lipinski definition) is 5. The smallest absolute Gasteiger partial charge is 0.163 e. The first-order chi connectivity index (χ1) is 15.2. The molecule has 0 aliphatic heterocycles. The van der Waals surface area contributed by atoms with Crippen molar-refractivity contribution in [2.24, 2.45) is 0 Å². The van der Waals surface area contributed by atoms with Crippen LogP contribution in [0, 0.1) is 11.6 Å². The Morgan fingerprint density at radius 2 is 1.81 bits per heavy atom. The molecular formula is C24H20F2N4O. The summed E-state index contributed by atoms with van der Waals surface area (Å²) in [7, 11) is 0. The van der Waals surface area contributed by atoms with E-state index in [4.69, 9.17) is 4.74 Å². The third-order valence-electron chi connectivity index (χ3n) is 5.37. The average Bonchev–Trinajstić information content (AvgIpc) is 3.30. The molecular weight excluding hydrogens is 398 g/mol. The number of hydrogen-bond donors (Lipinski definition) is 1. The zero-order valence-corrected chi connectivity index (χ0v) is 16.7. The summed E-state index contributed by atoms with van der Waals surface area (Å²) in [6.07, 6.45) is 8.04. The molecule has 0 unspecified atom stereocenters. The number of pyridine rings is 1. The molecule has 4 aromatic rings. The molecule has 1 N–H and O–H groups in total. The van der Waals surface area contributed by atoms with Gasteiger partial charge in [-0.2, -0.15) is 0 Å². The lowest BCUT2D eigenvalue weighted by Gasteiger charge is -2.15. The van der Waals surface area contributed by atoms with Gasteiger partial charge >= 0.3 is 0 Å². The van der Waals surface area contributed by atoms with Crippen molar-refractivity contribution in [2.75, 3.05) is 5.32 Å². The summed E-state index contributed by atoms with van der Waals surface area (Å²) >= 11 is 0. The van der Waals surface area contributed by atoms with E-state index in [1.165, 1.54) is 18.9 Å². The monoisotopic (exact) mass is 418 g/mol. The SMILES string of the molecule is Fc1ccc(Nc2nc(-c3cccnc3)nc3ccc(OC4CCCC4)cc23)cc1F. The van der Waals surface area contributed by atoms with Crippen molar-refractivity contribution in [1.29, 1.82) is 0 Å². The first kappa shape index (κ1) is 19.4. The molecule has 2 aromatic heterocycles. The summed E-state index contributed by atoms with van der Waals surface area (Å²) in [4.78, 5) is 13.5. The van der Waals surface area contributed by atoms with E-state index >= 15 is 0 Å². The van der Waals surface area contributed by atoms with E-state index < -0.39 is 11.6 Å². The van der Waals surface area contributed by atoms with Crippen molar-refractivity contribution in [2.45, 2.75) is 31.8 Å². The lowest BCUT2D eigenvalue weighted by Crippen LogP contribution is -2.10. The van der Waals surface area contributed by atoms with Gasteiger partial charge in [0.2, 0.25) is 0 Å². The molecule has 0 saturated heterocycles. The molecule has 156 valence electrons. The van der Waals surface area contributed by atoms with Gasteiger partial charge in [0.15, 0.2) is 17.5 Å². The fourth-order valence-electron chi connectivity index (χ4n) is 3.81. The number of nitrogens with one attached hydrogen (secondary N) is 1. The highest BCUT2D eigenvalue weighted by atomic mass is 19.2. The van der Waals surface area contributed by atoms with Gasteiger partial charge in [-0.1, -0.05) is 0 Å². The van der Waals surface area contributed by atoms with Crippen LogP contribution in [0.15, 0.2) is 60.9 Å². The Balaban J connectivity index is 1.59. The van der Waals surface area contributed by atoms with Gasteiger partial charge in [0.05, 0.1) is 11.6 Å². The summed E-state index contributed by atoms with van der Waals surface area (Å²) in [5.74, 6) is -0.130. The third-order valence-corrected chi connectivity index (χ3v) is 5.37. The summed E-state index contributed by atoms with van der Waals surface area (Å²) in [6, 6.07) is 13.0. The maximum Gasteiger partial charge on any atom is 0.163 e. The summed E-state index contributed by atoms with van der Waals surface area (Å²) in [6.45, 7) is 0. The van der Waals surface area contributed by atoms with Gasteiger partial charge in [-0.3, -0.25) is 4.98 Å². The Morgan fingerprint density at radius 1 is 0.935 bits per heavy atom. The van der Waals surface area contributed by atoms with E-state index in [9.17, 15) is 8.78 Å². The minimum absolute atomic E-state index is 0.218. The maximum atomic E-state index is 13.8. The number of nitrogens with zero attached hydrogens (tertiary/aromatic N) is 3. The van der Waals surface area contributed by atoms with Crippen LogP contribution < -0.4 is 10.1 Å². The highest BCUT2D eigenvalue weighted by Crippen LogP contribution is 2.32. The molecule has 1 aliphatic rings. The van der Waals surface area contributed by atoms with Crippen LogP contribution in [0.2, 0.25) is 0 Å². The summed E-state index contributed by atoms with van der Waals surface area (Å²) in [5, 5.41) is 3.84. The van der Waals surface area contributed by atoms with Gasteiger partial charge in [-0.05, 0) is 68.1 Å². The average molecular weight is 418 g/mol. The number of aromatic nitrogens is 3. The second-order valence-corrected chi connectivity index (χ2v) is 7.59. The van der Waals surface area contributed by atoms with Gasteiger partial charge < -0.3 is 10.1 Å². The highest BCUT2D eigenvalue weighted by Gasteiger charge is 2.18. The second kappa shape index (κ2) is 8.26. The first-order valence-electron chi connectivity index (χ1n) is 10.3. The molecule has 2 aromatic carbocycles. The van der Waals surface area contributed by atoms with Crippen molar-refractivity contribution < 1.29 is 13.5 Å². The minimum atomic E-state index is -0.930. The van der Waals surface area contributed by atoms with Crippen molar-refractivity contribution in [3.05, 3.63) is 72.6 Å².